The molecule has 0 saturated carbocycles. The normalized spacial score (nSPS) is 10.1. The summed E-state index contributed by atoms with van der Waals surface area (Å²) in [6, 6.07) is 0. The van der Waals surface area contributed by atoms with Crippen LogP contribution in [0.2, 0.25) is 0 Å². The highest BCUT2D eigenvalue weighted by Gasteiger charge is 2.09. The number of nitrogens with zero attached hydrogens (tertiary/aromatic N) is 2. The van der Waals surface area contributed by atoms with E-state index >= 15 is 0 Å². The summed E-state index contributed by atoms with van der Waals surface area (Å²) in [5.74, 6) is 0.196. The van der Waals surface area contributed by atoms with Crippen LogP contribution in [0, 0.1) is 0 Å². The van der Waals surface area contributed by atoms with Gasteiger partial charge in [-0.15, -0.1) is 0 Å². The van der Waals surface area contributed by atoms with Crippen molar-refractivity contribution in [3.63, 3.8) is 0 Å². The van der Waals surface area contributed by atoms with Gasteiger partial charge in [0.05, 0.1) is 6.54 Å². The molecule has 1 N–H and O–H groups in total. The fourth-order valence-electron chi connectivity index (χ4n) is 1.44. The van der Waals surface area contributed by atoms with E-state index in [1.54, 1.807) is 16.8 Å². The van der Waals surface area contributed by atoms with Crippen molar-refractivity contribution in [3.05, 3.63) is 0 Å². The maximum absolute atomic E-state index is 11.6. The van der Waals surface area contributed by atoms with Gasteiger partial charge in [-0.05, 0) is 20.8 Å². The monoisotopic (exact) mass is 243 g/mol. The first-order chi connectivity index (χ1) is 8.06. The molecule has 0 unspecified atom stereocenters. The molecule has 0 atom stereocenters. The van der Waals surface area contributed by atoms with Gasteiger partial charge < -0.3 is 15.1 Å². The number of carbonyl (C=O) groups excluding carboxylic acids is 2. The molecule has 0 heterocycles. The summed E-state index contributed by atoms with van der Waals surface area (Å²) >= 11 is 0. The van der Waals surface area contributed by atoms with E-state index in [2.05, 4.69) is 5.32 Å². The van der Waals surface area contributed by atoms with Crippen molar-refractivity contribution in [2.24, 2.45) is 0 Å². The topological polar surface area (TPSA) is 52.7 Å². The van der Waals surface area contributed by atoms with Crippen LogP contribution in [0.1, 0.15) is 27.2 Å². The molecule has 0 bridgehead atoms. The molecule has 17 heavy (non-hydrogen) atoms. The molecule has 0 aromatic carbocycles. The van der Waals surface area contributed by atoms with E-state index in [0.29, 0.717) is 26.1 Å². The van der Waals surface area contributed by atoms with Crippen molar-refractivity contribution in [1.82, 2.24) is 15.1 Å². The Kier molecular flexibility index (Phi) is 8.40. The van der Waals surface area contributed by atoms with Gasteiger partial charge in [0.2, 0.25) is 11.8 Å². The molecule has 0 aromatic heterocycles. The number of hydrogen-bond donors (Lipinski definition) is 1. The van der Waals surface area contributed by atoms with E-state index in [4.69, 9.17) is 0 Å². The second-order valence-corrected chi connectivity index (χ2v) is 3.90. The summed E-state index contributed by atoms with van der Waals surface area (Å²) in [5.41, 5.74) is 0. The maximum Gasteiger partial charge on any atom is 0.236 e. The standard InChI is InChI=1S/C12H25N3O2/c1-5-14(4)12(17)10-13-9-8-11(16)15(6-2)7-3/h13H,5-10H2,1-4H3. The van der Waals surface area contributed by atoms with Crippen molar-refractivity contribution in [2.75, 3.05) is 39.8 Å². The molecule has 0 spiro atoms. The van der Waals surface area contributed by atoms with Crippen LogP contribution in [0.5, 0.6) is 0 Å². The minimum atomic E-state index is 0.0581. The molecule has 5 heteroatoms. The van der Waals surface area contributed by atoms with Crippen molar-refractivity contribution in [2.45, 2.75) is 27.2 Å². The zero-order valence-corrected chi connectivity index (χ0v) is 11.5. The van der Waals surface area contributed by atoms with Gasteiger partial charge >= 0.3 is 0 Å². The predicted octanol–water partition coefficient (Wildman–Crippen LogP) is 0.313. The summed E-state index contributed by atoms with van der Waals surface area (Å²) in [5, 5.41) is 3.00. The van der Waals surface area contributed by atoms with E-state index in [0.717, 1.165) is 13.1 Å². The molecule has 0 rings (SSSR count). The highest BCUT2D eigenvalue weighted by atomic mass is 16.2. The molecule has 0 aliphatic rings. The third kappa shape index (κ3) is 6.26. The predicted molar refractivity (Wildman–Crippen MR) is 68.7 cm³/mol. The highest BCUT2D eigenvalue weighted by molar-refractivity contribution is 5.78. The van der Waals surface area contributed by atoms with Gasteiger partial charge in [0, 0.05) is 39.6 Å². The van der Waals surface area contributed by atoms with Gasteiger partial charge in [0.15, 0.2) is 0 Å². The molecule has 2 amide bonds. The Hall–Kier alpha value is -1.10. The summed E-state index contributed by atoms with van der Waals surface area (Å²) in [6.07, 6.45) is 0.449. The van der Waals surface area contributed by atoms with Crippen LogP contribution in [-0.2, 0) is 9.59 Å². The van der Waals surface area contributed by atoms with Crippen LogP contribution in [-0.4, -0.2) is 61.4 Å². The molecule has 5 nitrogen and oxygen atoms in total. The van der Waals surface area contributed by atoms with Gasteiger partial charge in [0.25, 0.3) is 0 Å². The Morgan fingerprint density at radius 1 is 1.00 bits per heavy atom. The minimum Gasteiger partial charge on any atom is -0.345 e. The van der Waals surface area contributed by atoms with Crippen molar-refractivity contribution < 1.29 is 9.59 Å². The van der Waals surface area contributed by atoms with E-state index in [9.17, 15) is 9.59 Å². The maximum atomic E-state index is 11.6. The highest BCUT2D eigenvalue weighted by Crippen LogP contribution is 1.92. The first kappa shape index (κ1) is 15.9. The number of likely N-dealkylation sites (N-methyl/N-ethyl adjacent to an activating group) is 1. The Balaban J connectivity index is 3.71. The van der Waals surface area contributed by atoms with Crippen LogP contribution in [0.15, 0.2) is 0 Å². The molecular weight excluding hydrogens is 218 g/mol. The quantitative estimate of drug-likeness (QED) is 0.624. The number of nitrogens with one attached hydrogen (secondary N) is 1. The van der Waals surface area contributed by atoms with Crippen LogP contribution in [0.4, 0.5) is 0 Å². The zero-order valence-electron chi connectivity index (χ0n) is 11.5. The Bertz CT molecular complexity index is 240. The van der Waals surface area contributed by atoms with Crippen molar-refractivity contribution >= 4 is 11.8 Å². The van der Waals surface area contributed by atoms with E-state index < -0.39 is 0 Å². The third-order valence-corrected chi connectivity index (χ3v) is 2.81. The van der Waals surface area contributed by atoms with Gasteiger partial charge in [-0.25, -0.2) is 0 Å². The summed E-state index contributed by atoms with van der Waals surface area (Å²) < 4.78 is 0. The molecule has 0 aromatic rings. The largest absolute Gasteiger partial charge is 0.345 e. The van der Waals surface area contributed by atoms with Crippen LogP contribution in [0.25, 0.3) is 0 Å². The lowest BCUT2D eigenvalue weighted by Gasteiger charge is -2.19. The average Bonchev–Trinajstić information content (AvgIpc) is 2.34. The fraction of sp³-hybridized carbons (Fsp3) is 0.833. The summed E-state index contributed by atoms with van der Waals surface area (Å²) in [6.45, 7) is 8.91. The zero-order chi connectivity index (χ0) is 13.3. The van der Waals surface area contributed by atoms with Crippen LogP contribution < -0.4 is 5.32 Å². The number of rotatable bonds is 8. The summed E-state index contributed by atoms with van der Waals surface area (Å²) in [4.78, 5) is 26.5. The lowest BCUT2D eigenvalue weighted by atomic mass is 10.3. The van der Waals surface area contributed by atoms with Crippen LogP contribution >= 0.6 is 0 Å². The number of carbonyl (C=O) groups is 2. The van der Waals surface area contributed by atoms with Crippen molar-refractivity contribution in [1.29, 1.82) is 0 Å². The molecule has 0 aliphatic heterocycles. The van der Waals surface area contributed by atoms with Gasteiger partial charge in [-0.2, -0.15) is 0 Å². The first-order valence-corrected chi connectivity index (χ1v) is 6.29. The number of hydrogen-bond acceptors (Lipinski definition) is 3. The van der Waals surface area contributed by atoms with Gasteiger partial charge in [0.1, 0.15) is 0 Å². The molecular formula is C12H25N3O2. The van der Waals surface area contributed by atoms with E-state index in [-0.39, 0.29) is 11.8 Å². The minimum absolute atomic E-state index is 0.0581. The number of amides is 2. The Morgan fingerprint density at radius 2 is 1.59 bits per heavy atom. The van der Waals surface area contributed by atoms with Gasteiger partial charge in [-0.3, -0.25) is 9.59 Å². The lowest BCUT2D eigenvalue weighted by Crippen LogP contribution is -2.37. The van der Waals surface area contributed by atoms with Gasteiger partial charge in [-0.1, -0.05) is 0 Å². The Labute approximate surface area is 104 Å². The average molecular weight is 243 g/mol. The second kappa shape index (κ2) is 8.98. The SMILES string of the molecule is CCN(C)C(=O)CNCCC(=O)N(CC)CC. The lowest BCUT2D eigenvalue weighted by molar-refractivity contribution is -0.131. The second-order valence-electron chi connectivity index (χ2n) is 3.90. The van der Waals surface area contributed by atoms with Crippen LogP contribution in [0.3, 0.4) is 0 Å². The fourth-order valence-corrected chi connectivity index (χ4v) is 1.44. The summed E-state index contributed by atoms with van der Waals surface area (Å²) in [7, 11) is 1.77. The molecule has 0 saturated heterocycles. The molecule has 0 aliphatic carbocycles. The van der Waals surface area contributed by atoms with E-state index in [1.165, 1.54) is 0 Å². The molecule has 0 radical (unpaired) electrons. The molecule has 0 fully saturated rings. The molecule has 100 valence electrons. The first-order valence-electron chi connectivity index (χ1n) is 6.29. The smallest absolute Gasteiger partial charge is 0.236 e. The van der Waals surface area contributed by atoms with E-state index in [1.807, 2.05) is 20.8 Å². The van der Waals surface area contributed by atoms with Crippen molar-refractivity contribution in [3.8, 4) is 0 Å². The third-order valence-electron chi connectivity index (χ3n) is 2.81. The Morgan fingerprint density at radius 3 is 2.06 bits per heavy atom.